The summed E-state index contributed by atoms with van der Waals surface area (Å²) in [6.45, 7) is 1.83. The number of amides is 1. The third kappa shape index (κ3) is 4.72. The first kappa shape index (κ1) is 22.9. The lowest BCUT2D eigenvalue weighted by Crippen LogP contribution is -2.19. The number of carbonyl (C=O) groups is 1. The Kier molecular flexibility index (Phi) is 6.17. The van der Waals surface area contributed by atoms with Crippen LogP contribution in [0.1, 0.15) is 23.2 Å². The molecule has 5 rings (SSSR count). The third-order valence-electron chi connectivity index (χ3n) is 5.64. The molecule has 0 unspecified atom stereocenters. The number of nitrogens with zero attached hydrogens (tertiary/aromatic N) is 3. The molecule has 1 N–H and O–H groups in total. The molecular weight excluding hydrogens is 481 g/mol. The van der Waals surface area contributed by atoms with Crippen molar-refractivity contribution >= 4 is 40.0 Å². The van der Waals surface area contributed by atoms with Crippen molar-refractivity contribution in [2.24, 2.45) is 0 Å². The fraction of sp³-hybridized carbons (Fsp3) is 0.160. The van der Waals surface area contributed by atoms with E-state index in [9.17, 15) is 18.0 Å². The summed E-state index contributed by atoms with van der Waals surface area (Å²) in [5.41, 5.74) is 0.683. The number of benzene rings is 3. The van der Waals surface area contributed by atoms with Crippen LogP contribution in [0, 0.1) is 17.5 Å². The van der Waals surface area contributed by atoms with Gasteiger partial charge in [0.25, 0.3) is 5.91 Å². The van der Waals surface area contributed by atoms with Gasteiger partial charge >= 0.3 is 0 Å². The van der Waals surface area contributed by atoms with Crippen LogP contribution < -0.4 is 15.0 Å². The van der Waals surface area contributed by atoms with E-state index in [0.717, 1.165) is 43.9 Å². The average Bonchev–Trinajstić information content (AvgIpc) is 3.40. The standard InChI is InChI=1S/C25H18ClF3N4O2/c26-16-5-3-14(11-17(16)27)25(34)32-19-7-8-21(24(29)23(19)28)35-15-4-6-18-20(12-15)31-22(13-30-18)33-9-1-2-10-33/h3-8,11-13H,1-2,9-10H2,(H,32,34). The normalized spacial score (nSPS) is 13.3. The summed E-state index contributed by atoms with van der Waals surface area (Å²) in [4.78, 5) is 23.5. The molecular formula is C25H18ClF3N4O2. The summed E-state index contributed by atoms with van der Waals surface area (Å²) in [5.74, 6) is -3.61. The summed E-state index contributed by atoms with van der Waals surface area (Å²) in [6.07, 6.45) is 3.91. The first-order valence-corrected chi connectivity index (χ1v) is 11.2. The second-order valence-corrected chi connectivity index (χ2v) is 8.40. The lowest BCUT2D eigenvalue weighted by molar-refractivity contribution is 0.102. The summed E-state index contributed by atoms with van der Waals surface area (Å²) < 4.78 is 48.6. The van der Waals surface area contributed by atoms with Crippen molar-refractivity contribution in [3.05, 3.63) is 82.8 Å². The molecule has 1 fully saturated rings. The molecule has 0 spiro atoms. The number of hydrogen-bond donors (Lipinski definition) is 1. The van der Waals surface area contributed by atoms with E-state index in [1.54, 1.807) is 24.4 Å². The highest BCUT2D eigenvalue weighted by molar-refractivity contribution is 6.30. The Labute approximate surface area is 203 Å². The van der Waals surface area contributed by atoms with E-state index in [-0.39, 0.29) is 22.1 Å². The number of rotatable bonds is 5. The number of nitrogens with one attached hydrogen (secondary N) is 1. The molecule has 0 saturated carbocycles. The summed E-state index contributed by atoms with van der Waals surface area (Å²) in [6, 6.07) is 10.6. The highest BCUT2D eigenvalue weighted by Gasteiger charge is 2.19. The molecule has 1 saturated heterocycles. The molecule has 1 aliphatic rings. The predicted molar refractivity (Wildman–Crippen MR) is 127 cm³/mol. The minimum absolute atomic E-state index is 0.0994. The maximum Gasteiger partial charge on any atom is 0.255 e. The molecule has 0 atom stereocenters. The van der Waals surface area contributed by atoms with Crippen LogP contribution in [0.25, 0.3) is 11.0 Å². The van der Waals surface area contributed by atoms with Crippen molar-refractivity contribution in [2.45, 2.75) is 12.8 Å². The minimum Gasteiger partial charge on any atom is -0.454 e. The van der Waals surface area contributed by atoms with Crippen LogP contribution in [0.3, 0.4) is 0 Å². The van der Waals surface area contributed by atoms with E-state index < -0.39 is 29.0 Å². The van der Waals surface area contributed by atoms with E-state index in [1.807, 2.05) is 0 Å². The molecule has 0 aliphatic carbocycles. The maximum absolute atomic E-state index is 14.7. The Hall–Kier alpha value is -3.85. The summed E-state index contributed by atoms with van der Waals surface area (Å²) in [7, 11) is 0. The fourth-order valence-corrected chi connectivity index (χ4v) is 3.93. The van der Waals surface area contributed by atoms with Crippen LogP contribution in [-0.2, 0) is 0 Å². The van der Waals surface area contributed by atoms with Crippen molar-refractivity contribution < 1.29 is 22.7 Å². The van der Waals surface area contributed by atoms with Gasteiger partial charge < -0.3 is 15.0 Å². The van der Waals surface area contributed by atoms with Gasteiger partial charge in [0.2, 0.25) is 5.82 Å². The zero-order valence-corrected chi connectivity index (χ0v) is 19.0. The minimum atomic E-state index is -1.32. The molecule has 10 heteroatoms. The van der Waals surface area contributed by atoms with Crippen LogP contribution in [0.5, 0.6) is 11.5 Å². The van der Waals surface area contributed by atoms with E-state index in [4.69, 9.17) is 16.3 Å². The third-order valence-corrected chi connectivity index (χ3v) is 5.94. The summed E-state index contributed by atoms with van der Waals surface area (Å²) in [5, 5.41) is 2.06. The second-order valence-electron chi connectivity index (χ2n) is 8.00. The number of ether oxygens (including phenoxy) is 1. The van der Waals surface area contributed by atoms with E-state index in [1.165, 1.54) is 18.2 Å². The van der Waals surface area contributed by atoms with Crippen LogP contribution in [0.15, 0.2) is 54.7 Å². The smallest absolute Gasteiger partial charge is 0.255 e. The van der Waals surface area contributed by atoms with Crippen molar-refractivity contribution in [3.63, 3.8) is 0 Å². The zero-order valence-electron chi connectivity index (χ0n) is 18.2. The van der Waals surface area contributed by atoms with E-state index >= 15 is 0 Å². The number of carbonyl (C=O) groups excluding carboxylic acids is 1. The van der Waals surface area contributed by atoms with Crippen LogP contribution in [0.2, 0.25) is 5.02 Å². The first-order valence-electron chi connectivity index (χ1n) is 10.8. The van der Waals surface area contributed by atoms with Gasteiger partial charge in [-0.05, 0) is 55.3 Å². The SMILES string of the molecule is O=C(Nc1ccc(Oc2ccc3ncc(N4CCCC4)nc3c2)c(F)c1F)c1ccc(Cl)c(F)c1. The van der Waals surface area contributed by atoms with Gasteiger partial charge in [-0.2, -0.15) is 4.39 Å². The Morgan fingerprint density at radius 2 is 1.77 bits per heavy atom. The molecule has 0 radical (unpaired) electrons. The van der Waals surface area contributed by atoms with Gasteiger partial charge in [0.1, 0.15) is 17.4 Å². The molecule has 6 nitrogen and oxygen atoms in total. The van der Waals surface area contributed by atoms with Crippen molar-refractivity contribution in [3.8, 4) is 11.5 Å². The van der Waals surface area contributed by atoms with Crippen molar-refractivity contribution in [1.82, 2.24) is 9.97 Å². The first-order chi connectivity index (χ1) is 16.9. The Bertz CT molecular complexity index is 1440. The zero-order chi connectivity index (χ0) is 24.5. The van der Waals surface area contributed by atoms with Gasteiger partial charge in [-0.15, -0.1) is 0 Å². The van der Waals surface area contributed by atoms with Crippen LogP contribution in [0.4, 0.5) is 24.7 Å². The molecule has 1 aliphatic heterocycles. The van der Waals surface area contributed by atoms with Gasteiger partial charge in [-0.3, -0.25) is 9.78 Å². The van der Waals surface area contributed by atoms with Crippen molar-refractivity contribution in [1.29, 1.82) is 0 Å². The van der Waals surface area contributed by atoms with Gasteiger partial charge in [0, 0.05) is 24.7 Å². The summed E-state index contributed by atoms with van der Waals surface area (Å²) >= 11 is 5.61. The number of aromatic nitrogens is 2. The highest BCUT2D eigenvalue weighted by atomic mass is 35.5. The van der Waals surface area contributed by atoms with Gasteiger partial charge in [-0.25, -0.2) is 13.8 Å². The number of fused-ring (bicyclic) bond motifs is 1. The Morgan fingerprint density at radius 1 is 0.971 bits per heavy atom. The largest absolute Gasteiger partial charge is 0.454 e. The van der Waals surface area contributed by atoms with Crippen molar-refractivity contribution in [2.75, 3.05) is 23.3 Å². The number of hydrogen-bond acceptors (Lipinski definition) is 5. The van der Waals surface area contributed by atoms with Crippen LogP contribution in [-0.4, -0.2) is 29.0 Å². The molecule has 35 heavy (non-hydrogen) atoms. The lowest BCUT2D eigenvalue weighted by Gasteiger charge is -2.16. The fourth-order valence-electron chi connectivity index (χ4n) is 3.81. The Balaban J connectivity index is 1.36. The second kappa shape index (κ2) is 9.42. The van der Waals surface area contributed by atoms with Gasteiger partial charge in [0.05, 0.1) is 27.9 Å². The average molecular weight is 499 g/mol. The van der Waals surface area contributed by atoms with Gasteiger partial charge in [-0.1, -0.05) is 11.6 Å². The lowest BCUT2D eigenvalue weighted by atomic mass is 10.2. The molecule has 3 aromatic carbocycles. The number of halogens is 4. The topological polar surface area (TPSA) is 67.3 Å². The molecule has 4 aromatic rings. The molecule has 1 aromatic heterocycles. The maximum atomic E-state index is 14.7. The predicted octanol–water partition coefficient (Wildman–Crippen LogP) is 6.35. The Morgan fingerprint density at radius 3 is 2.54 bits per heavy atom. The quantitative estimate of drug-likeness (QED) is 0.347. The van der Waals surface area contributed by atoms with E-state index in [0.29, 0.717) is 11.0 Å². The van der Waals surface area contributed by atoms with Crippen LogP contribution >= 0.6 is 11.6 Å². The molecule has 1 amide bonds. The van der Waals surface area contributed by atoms with Gasteiger partial charge in [0.15, 0.2) is 11.6 Å². The molecule has 0 bridgehead atoms. The van der Waals surface area contributed by atoms with E-state index in [2.05, 4.69) is 20.2 Å². The molecule has 2 heterocycles. The highest BCUT2D eigenvalue weighted by Crippen LogP contribution is 2.31. The molecule has 178 valence electrons. The monoisotopic (exact) mass is 498 g/mol. The number of anilines is 2.